The summed E-state index contributed by atoms with van der Waals surface area (Å²) in [4.78, 5) is 13.9. The topological polar surface area (TPSA) is 58.4 Å². The van der Waals surface area contributed by atoms with E-state index in [1.54, 1.807) is 6.07 Å². The van der Waals surface area contributed by atoms with E-state index in [-0.39, 0.29) is 9.92 Å². The number of nitrogens with one attached hydrogen (secondary N) is 1. The Morgan fingerprint density at radius 2 is 2.35 bits per heavy atom. The number of hydrogen-bond acceptors (Lipinski definition) is 5. The molecule has 1 N–H and O–H groups in total. The van der Waals surface area contributed by atoms with E-state index in [1.807, 2.05) is 6.07 Å². The highest BCUT2D eigenvalue weighted by molar-refractivity contribution is 7.15. The Hall–Kier alpha value is -0.980. The molecule has 2 heterocycles. The van der Waals surface area contributed by atoms with Crippen molar-refractivity contribution in [2.24, 2.45) is 5.92 Å². The van der Waals surface area contributed by atoms with E-state index in [0.29, 0.717) is 12.0 Å². The zero-order valence-electron chi connectivity index (χ0n) is 12.2. The first kappa shape index (κ1) is 15.4. The highest BCUT2D eigenvalue weighted by Crippen LogP contribution is 2.25. The molecule has 0 spiro atoms. The number of nitrogens with zero attached hydrogens (tertiary/aromatic N) is 2. The van der Waals surface area contributed by atoms with Gasteiger partial charge in [-0.1, -0.05) is 25.2 Å². The van der Waals surface area contributed by atoms with Crippen LogP contribution in [0.2, 0.25) is 0 Å². The molecule has 0 saturated carbocycles. The molecular formula is C14H23N3O2S. The molecule has 112 valence electrons. The molecule has 0 aromatic carbocycles. The Morgan fingerprint density at radius 1 is 1.55 bits per heavy atom. The monoisotopic (exact) mass is 297 g/mol. The summed E-state index contributed by atoms with van der Waals surface area (Å²) in [5.74, 6) is 0.603. The molecule has 1 atom stereocenters. The second kappa shape index (κ2) is 7.15. The Bertz CT molecular complexity index is 441. The van der Waals surface area contributed by atoms with Crippen molar-refractivity contribution >= 4 is 16.3 Å². The maximum absolute atomic E-state index is 10.7. The van der Waals surface area contributed by atoms with Crippen LogP contribution in [0.5, 0.6) is 0 Å². The predicted molar refractivity (Wildman–Crippen MR) is 82.1 cm³/mol. The lowest BCUT2D eigenvalue weighted by atomic mass is 10.1. The summed E-state index contributed by atoms with van der Waals surface area (Å²) < 4.78 is 0. The van der Waals surface area contributed by atoms with Gasteiger partial charge >= 0.3 is 5.00 Å². The standard InChI is InChI=1S/C14H23N3O2S/c1-11(2)8-16(9-12-4-3-7-15-12)10-13-5-6-14(20-13)17(18)19/h5-6,11-12,15H,3-4,7-10H2,1-2H3. The minimum absolute atomic E-state index is 0.239. The van der Waals surface area contributed by atoms with Crippen LogP contribution in [0.4, 0.5) is 5.00 Å². The minimum Gasteiger partial charge on any atom is -0.313 e. The van der Waals surface area contributed by atoms with E-state index in [2.05, 4.69) is 24.1 Å². The average Bonchev–Trinajstić information content (AvgIpc) is 2.99. The van der Waals surface area contributed by atoms with Gasteiger partial charge in [0, 0.05) is 36.6 Å². The predicted octanol–water partition coefficient (Wildman–Crippen LogP) is 2.87. The first-order valence-electron chi connectivity index (χ1n) is 7.23. The van der Waals surface area contributed by atoms with Gasteiger partial charge < -0.3 is 5.32 Å². The van der Waals surface area contributed by atoms with Gasteiger partial charge in [-0.15, -0.1) is 0 Å². The SMILES string of the molecule is CC(C)CN(Cc1ccc([N+](=O)[O-])s1)CC1CCCN1. The van der Waals surface area contributed by atoms with Crippen molar-refractivity contribution in [3.8, 4) is 0 Å². The third-order valence-corrected chi connectivity index (χ3v) is 4.49. The van der Waals surface area contributed by atoms with Crippen molar-refractivity contribution in [2.75, 3.05) is 19.6 Å². The molecule has 20 heavy (non-hydrogen) atoms. The van der Waals surface area contributed by atoms with E-state index in [0.717, 1.165) is 31.1 Å². The second-order valence-corrected chi connectivity index (χ2v) is 7.03. The molecule has 1 aromatic rings. The molecule has 0 bridgehead atoms. The minimum atomic E-state index is -0.306. The quantitative estimate of drug-likeness (QED) is 0.621. The highest BCUT2D eigenvalue weighted by Gasteiger charge is 2.20. The van der Waals surface area contributed by atoms with E-state index in [4.69, 9.17) is 0 Å². The maximum atomic E-state index is 10.7. The van der Waals surface area contributed by atoms with Gasteiger partial charge in [-0.25, -0.2) is 0 Å². The molecule has 1 aliphatic heterocycles. The van der Waals surface area contributed by atoms with Gasteiger partial charge in [0.15, 0.2) is 0 Å². The fraction of sp³-hybridized carbons (Fsp3) is 0.714. The molecule has 1 unspecified atom stereocenters. The van der Waals surface area contributed by atoms with Gasteiger partial charge in [0.05, 0.1) is 4.92 Å². The first-order chi connectivity index (χ1) is 9.54. The van der Waals surface area contributed by atoms with Crippen molar-refractivity contribution in [3.05, 3.63) is 27.1 Å². The van der Waals surface area contributed by atoms with Crippen LogP contribution in [-0.2, 0) is 6.54 Å². The molecule has 1 aliphatic rings. The molecule has 5 nitrogen and oxygen atoms in total. The van der Waals surface area contributed by atoms with E-state index in [9.17, 15) is 10.1 Å². The van der Waals surface area contributed by atoms with Crippen LogP contribution in [0.25, 0.3) is 0 Å². The normalized spacial score (nSPS) is 19.1. The number of rotatable bonds is 7. The number of thiophene rings is 1. The lowest BCUT2D eigenvalue weighted by molar-refractivity contribution is -0.380. The van der Waals surface area contributed by atoms with Crippen molar-refractivity contribution in [1.82, 2.24) is 10.2 Å². The molecule has 0 aliphatic carbocycles. The van der Waals surface area contributed by atoms with Crippen LogP contribution >= 0.6 is 11.3 Å². The van der Waals surface area contributed by atoms with Crippen molar-refractivity contribution in [2.45, 2.75) is 39.3 Å². The summed E-state index contributed by atoms with van der Waals surface area (Å²) in [6, 6.07) is 4.07. The lowest BCUT2D eigenvalue weighted by Crippen LogP contribution is -2.38. The van der Waals surface area contributed by atoms with Crippen LogP contribution < -0.4 is 5.32 Å². The largest absolute Gasteiger partial charge is 0.324 e. The van der Waals surface area contributed by atoms with Crippen LogP contribution in [-0.4, -0.2) is 35.5 Å². The molecule has 1 fully saturated rings. The van der Waals surface area contributed by atoms with Crippen LogP contribution in [0, 0.1) is 16.0 Å². The summed E-state index contributed by atoms with van der Waals surface area (Å²) in [6.07, 6.45) is 2.49. The van der Waals surface area contributed by atoms with E-state index < -0.39 is 0 Å². The van der Waals surface area contributed by atoms with Gasteiger partial charge in [-0.2, -0.15) is 0 Å². The van der Waals surface area contributed by atoms with Crippen LogP contribution in [0.3, 0.4) is 0 Å². The highest BCUT2D eigenvalue weighted by atomic mass is 32.1. The maximum Gasteiger partial charge on any atom is 0.324 e. The smallest absolute Gasteiger partial charge is 0.313 e. The average molecular weight is 297 g/mol. The third kappa shape index (κ3) is 4.54. The number of hydrogen-bond donors (Lipinski definition) is 1. The Kier molecular flexibility index (Phi) is 5.51. The van der Waals surface area contributed by atoms with Gasteiger partial charge in [-0.3, -0.25) is 15.0 Å². The van der Waals surface area contributed by atoms with Gasteiger partial charge in [0.1, 0.15) is 0 Å². The van der Waals surface area contributed by atoms with Gasteiger partial charge in [0.25, 0.3) is 0 Å². The fourth-order valence-corrected chi connectivity index (χ4v) is 3.58. The zero-order chi connectivity index (χ0) is 14.5. The Labute approximate surface area is 124 Å². The van der Waals surface area contributed by atoms with E-state index >= 15 is 0 Å². The summed E-state index contributed by atoms with van der Waals surface area (Å²) in [6.45, 7) is 8.42. The molecule has 6 heteroatoms. The molecule has 0 radical (unpaired) electrons. The lowest BCUT2D eigenvalue weighted by Gasteiger charge is -2.26. The molecule has 0 amide bonds. The molecule has 2 rings (SSSR count). The van der Waals surface area contributed by atoms with Crippen molar-refractivity contribution in [3.63, 3.8) is 0 Å². The summed E-state index contributed by atoms with van der Waals surface area (Å²) >= 11 is 1.29. The second-order valence-electron chi connectivity index (χ2n) is 5.88. The zero-order valence-corrected chi connectivity index (χ0v) is 13.0. The van der Waals surface area contributed by atoms with Gasteiger partial charge in [0.2, 0.25) is 0 Å². The van der Waals surface area contributed by atoms with E-state index in [1.165, 1.54) is 24.2 Å². The van der Waals surface area contributed by atoms with Crippen LogP contribution in [0.1, 0.15) is 31.6 Å². The fourth-order valence-electron chi connectivity index (χ4n) is 2.71. The van der Waals surface area contributed by atoms with Crippen LogP contribution in [0.15, 0.2) is 12.1 Å². The third-order valence-electron chi connectivity index (χ3n) is 3.47. The summed E-state index contributed by atoms with van der Waals surface area (Å²) in [5, 5.41) is 14.5. The van der Waals surface area contributed by atoms with Gasteiger partial charge in [-0.05, 0) is 31.4 Å². The Balaban J connectivity index is 1.96. The van der Waals surface area contributed by atoms with Crippen molar-refractivity contribution in [1.29, 1.82) is 0 Å². The molecule has 1 saturated heterocycles. The molecular weight excluding hydrogens is 274 g/mol. The summed E-state index contributed by atoms with van der Waals surface area (Å²) in [7, 11) is 0. The Morgan fingerprint density at radius 3 is 2.90 bits per heavy atom. The summed E-state index contributed by atoms with van der Waals surface area (Å²) in [5.41, 5.74) is 0. The number of nitro groups is 1. The van der Waals surface area contributed by atoms with Crippen molar-refractivity contribution < 1.29 is 4.92 Å². The molecule has 1 aromatic heterocycles. The first-order valence-corrected chi connectivity index (χ1v) is 8.05.